The van der Waals surface area contributed by atoms with Crippen molar-refractivity contribution in [3.63, 3.8) is 0 Å². The van der Waals surface area contributed by atoms with Gasteiger partial charge in [0, 0.05) is 11.1 Å². The fourth-order valence-electron chi connectivity index (χ4n) is 1.84. The Morgan fingerprint density at radius 1 is 0.889 bits per heavy atom. The lowest BCUT2D eigenvalue weighted by molar-refractivity contribution is 0.618. The number of benzene rings is 2. The minimum Gasteiger partial charge on any atom is -0.206 e. The van der Waals surface area contributed by atoms with Crippen LogP contribution >= 0.6 is 0 Å². The molecule has 0 saturated heterocycles. The predicted molar refractivity (Wildman–Crippen MR) is 70.4 cm³/mol. The number of allylic oxidation sites excluding steroid dienone is 1. The molecule has 0 aromatic heterocycles. The Kier molecular flexibility index (Phi) is 3.93. The highest BCUT2D eigenvalue weighted by Crippen LogP contribution is 2.27. The Balaban J connectivity index is 2.59. The first-order valence-electron chi connectivity index (χ1n) is 5.64. The van der Waals surface area contributed by atoms with Gasteiger partial charge in [-0.05, 0) is 17.7 Å². The van der Waals surface area contributed by atoms with E-state index < -0.39 is 0 Å². The lowest BCUT2D eigenvalue weighted by atomic mass is 9.92. The Morgan fingerprint density at radius 3 is 1.72 bits per heavy atom. The largest absolute Gasteiger partial charge is 0.206 e. The Hall–Kier alpha value is -1.90. The molecule has 88 valence electrons. The van der Waals surface area contributed by atoms with Crippen LogP contribution in [0.4, 0.5) is 8.78 Å². The molecule has 2 aromatic rings. The van der Waals surface area contributed by atoms with Gasteiger partial charge in [0.05, 0.1) is 7.85 Å². The van der Waals surface area contributed by atoms with Gasteiger partial charge in [-0.3, -0.25) is 0 Å². The Labute approximate surface area is 106 Å². The van der Waals surface area contributed by atoms with Crippen molar-refractivity contribution < 1.29 is 8.78 Å². The van der Waals surface area contributed by atoms with Crippen molar-refractivity contribution in [1.29, 1.82) is 0 Å². The van der Waals surface area contributed by atoms with Crippen LogP contribution in [0, 0.1) is 11.6 Å². The maximum Gasteiger partial charge on any atom is 0.131 e. The van der Waals surface area contributed by atoms with Crippen molar-refractivity contribution in [1.82, 2.24) is 0 Å². The second-order valence-electron chi connectivity index (χ2n) is 3.81. The summed E-state index contributed by atoms with van der Waals surface area (Å²) in [6.45, 7) is 0. The fourth-order valence-corrected chi connectivity index (χ4v) is 1.84. The van der Waals surface area contributed by atoms with Gasteiger partial charge < -0.3 is 0 Å². The van der Waals surface area contributed by atoms with Gasteiger partial charge in [0.25, 0.3) is 0 Å². The standard InChI is InChI=1S/C15H11BF2/c16-10-9-11(12-5-1-3-7-14(12)17)13-6-2-4-8-15(13)18/h1-9H,10H2. The van der Waals surface area contributed by atoms with E-state index in [0.29, 0.717) is 16.7 Å². The molecule has 0 saturated carbocycles. The maximum absolute atomic E-state index is 13.8. The van der Waals surface area contributed by atoms with E-state index in [9.17, 15) is 8.78 Å². The molecule has 3 heteroatoms. The molecular weight excluding hydrogens is 229 g/mol. The molecule has 0 N–H and O–H groups in total. The molecule has 18 heavy (non-hydrogen) atoms. The van der Waals surface area contributed by atoms with Crippen LogP contribution in [0.1, 0.15) is 11.1 Å². The van der Waals surface area contributed by atoms with E-state index in [1.54, 1.807) is 42.5 Å². The molecule has 2 rings (SSSR count). The van der Waals surface area contributed by atoms with E-state index in [-0.39, 0.29) is 18.0 Å². The van der Waals surface area contributed by atoms with E-state index in [0.717, 1.165) is 0 Å². The van der Waals surface area contributed by atoms with E-state index in [2.05, 4.69) is 0 Å². The second kappa shape index (κ2) is 5.63. The first-order chi connectivity index (χ1) is 8.74. The van der Waals surface area contributed by atoms with E-state index in [1.165, 1.54) is 12.1 Å². The number of hydrogen-bond donors (Lipinski definition) is 0. The first-order valence-corrected chi connectivity index (χ1v) is 5.64. The van der Waals surface area contributed by atoms with Crippen LogP contribution in [-0.2, 0) is 0 Å². The van der Waals surface area contributed by atoms with Gasteiger partial charge in [0.15, 0.2) is 0 Å². The van der Waals surface area contributed by atoms with Crippen molar-refractivity contribution in [2.45, 2.75) is 6.32 Å². The number of hydrogen-bond acceptors (Lipinski definition) is 0. The van der Waals surface area contributed by atoms with Crippen molar-refractivity contribution in [3.05, 3.63) is 77.4 Å². The molecule has 2 radical (unpaired) electrons. The monoisotopic (exact) mass is 240 g/mol. The van der Waals surface area contributed by atoms with E-state index in [4.69, 9.17) is 7.85 Å². The molecule has 0 bridgehead atoms. The predicted octanol–water partition coefficient (Wildman–Crippen LogP) is 3.98. The van der Waals surface area contributed by atoms with Crippen molar-refractivity contribution in [3.8, 4) is 0 Å². The van der Waals surface area contributed by atoms with Gasteiger partial charge in [0.1, 0.15) is 11.6 Å². The van der Waals surface area contributed by atoms with Crippen LogP contribution in [0.5, 0.6) is 0 Å². The van der Waals surface area contributed by atoms with Gasteiger partial charge in [-0.15, -0.1) is 0 Å². The minimum atomic E-state index is -0.388. The van der Waals surface area contributed by atoms with Gasteiger partial charge in [-0.2, -0.15) is 0 Å². The summed E-state index contributed by atoms with van der Waals surface area (Å²) in [5.41, 5.74) is 1.19. The zero-order chi connectivity index (χ0) is 13.0. The first kappa shape index (κ1) is 12.6. The Bertz CT molecular complexity index is 529. The molecule has 0 aliphatic rings. The topological polar surface area (TPSA) is 0 Å². The summed E-state index contributed by atoms with van der Waals surface area (Å²) in [5, 5.41) is 0. The lowest BCUT2D eigenvalue weighted by Crippen LogP contribution is -1.95. The smallest absolute Gasteiger partial charge is 0.131 e. The number of rotatable bonds is 3. The van der Waals surface area contributed by atoms with Crippen LogP contribution in [0.2, 0.25) is 6.32 Å². The molecule has 0 aliphatic carbocycles. The van der Waals surface area contributed by atoms with Crippen LogP contribution in [0.3, 0.4) is 0 Å². The van der Waals surface area contributed by atoms with Gasteiger partial charge in [-0.25, -0.2) is 8.78 Å². The third-order valence-electron chi connectivity index (χ3n) is 2.65. The summed E-state index contributed by atoms with van der Waals surface area (Å²) in [4.78, 5) is 0. The van der Waals surface area contributed by atoms with Crippen molar-refractivity contribution in [2.24, 2.45) is 0 Å². The van der Waals surface area contributed by atoms with Crippen molar-refractivity contribution >= 4 is 13.4 Å². The molecular formula is C15H11BF2. The zero-order valence-corrected chi connectivity index (χ0v) is 9.74. The van der Waals surface area contributed by atoms with Crippen LogP contribution in [0.25, 0.3) is 5.57 Å². The molecule has 0 fully saturated rings. The summed E-state index contributed by atoms with van der Waals surface area (Å²) < 4.78 is 27.6. The highest BCUT2D eigenvalue weighted by molar-refractivity contribution is 6.10. The zero-order valence-electron chi connectivity index (χ0n) is 9.74. The van der Waals surface area contributed by atoms with Crippen LogP contribution in [0.15, 0.2) is 54.6 Å². The second-order valence-corrected chi connectivity index (χ2v) is 3.81. The van der Waals surface area contributed by atoms with E-state index in [1.807, 2.05) is 0 Å². The average molecular weight is 240 g/mol. The molecule has 0 nitrogen and oxygen atoms in total. The molecule has 0 unspecified atom stereocenters. The average Bonchev–Trinajstić information content (AvgIpc) is 2.38. The summed E-state index contributed by atoms with van der Waals surface area (Å²) in [7, 11) is 5.48. The quantitative estimate of drug-likeness (QED) is 0.711. The summed E-state index contributed by atoms with van der Waals surface area (Å²) in [6.07, 6.45) is 1.84. The molecule has 2 aromatic carbocycles. The SMILES string of the molecule is [B]CC=C(c1ccccc1F)c1ccccc1F. The third kappa shape index (κ3) is 2.50. The van der Waals surface area contributed by atoms with Gasteiger partial charge in [-0.1, -0.05) is 48.8 Å². The van der Waals surface area contributed by atoms with Crippen molar-refractivity contribution in [2.75, 3.05) is 0 Å². The molecule has 0 spiro atoms. The molecule has 0 amide bonds. The molecule has 0 heterocycles. The summed E-state index contributed by atoms with van der Waals surface area (Å²) >= 11 is 0. The molecule has 0 atom stereocenters. The number of halogens is 2. The third-order valence-corrected chi connectivity index (χ3v) is 2.65. The highest BCUT2D eigenvalue weighted by atomic mass is 19.1. The normalized spacial score (nSPS) is 10.1. The van der Waals surface area contributed by atoms with E-state index >= 15 is 0 Å². The molecule has 0 aliphatic heterocycles. The maximum atomic E-state index is 13.8. The highest BCUT2D eigenvalue weighted by Gasteiger charge is 2.12. The van der Waals surface area contributed by atoms with Gasteiger partial charge >= 0.3 is 0 Å². The summed E-state index contributed by atoms with van der Waals surface area (Å²) in [5.74, 6) is -0.777. The summed E-state index contributed by atoms with van der Waals surface area (Å²) in [6, 6.07) is 12.5. The Morgan fingerprint density at radius 2 is 1.33 bits per heavy atom. The lowest BCUT2D eigenvalue weighted by Gasteiger charge is -2.10. The minimum absolute atomic E-state index is 0.220. The van der Waals surface area contributed by atoms with Crippen LogP contribution < -0.4 is 0 Å². The van der Waals surface area contributed by atoms with Crippen LogP contribution in [-0.4, -0.2) is 7.85 Å². The fraction of sp³-hybridized carbons (Fsp3) is 0.0667. The van der Waals surface area contributed by atoms with Gasteiger partial charge in [0.2, 0.25) is 0 Å².